The van der Waals surface area contributed by atoms with E-state index in [2.05, 4.69) is 17.0 Å². The largest absolute Gasteiger partial charge is 0.301 e. The Morgan fingerprint density at radius 1 is 0.926 bits per heavy atom. The van der Waals surface area contributed by atoms with Gasteiger partial charge in [0, 0.05) is 32.2 Å². The Morgan fingerprint density at radius 2 is 1.56 bits per heavy atom. The maximum Gasteiger partial charge on any atom is 0.289 e. The summed E-state index contributed by atoms with van der Waals surface area (Å²) >= 11 is 0. The van der Waals surface area contributed by atoms with Crippen LogP contribution in [-0.2, 0) is 16.4 Å². The van der Waals surface area contributed by atoms with Gasteiger partial charge in [0.25, 0.3) is 5.69 Å². The van der Waals surface area contributed by atoms with Gasteiger partial charge in [-0.25, -0.2) is 8.42 Å². The molecule has 0 saturated carbocycles. The van der Waals surface area contributed by atoms with Crippen LogP contribution < -0.4 is 0 Å². The van der Waals surface area contributed by atoms with Crippen LogP contribution in [0.25, 0.3) is 0 Å². The molecule has 0 aromatic heterocycles. The first-order valence-corrected chi connectivity index (χ1v) is 10.4. The highest BCUT2D eigenvalue weighted by Gasteiger charge is 2.33. The molecule has 0 amide bonds. The van der Waals surface area contributed by atoms with Gasteiger partial charge in [-0.05, 0) is 31.0 Å². The second-order valence-electron chi connectivity index (χ2n) is 6.56. The van der Waals surface area contributed by atoms with Gasteiger partial charge >= 0.3 is 0 Å². The summed E-state index contributed by atoms with van der Waals surface area (Å²) in [5.41, 5.74) is 0.929. The third kappa shape index (κ3) is 4.71. The molecule has 2 aromatic rings. The molecule has 1 fully saturated rings. The number of hydrogen-bond donors (Lipinski definition) is 0. The minimum atomic E-state index is -3.86. The van der Waals surface area contributed by atoms with E-state index in [1.54, 1.807) is 0 Å². The van der Waals surface area contributed by atoms with E-state index in [4.69, 9.17) is 0 Å². The molecule has 1 aliphatic heterocycles. The van der Waals surface area contributed by atoms with E-state index in [-0.39, 0.29) is 10.6 Å². The molecule has 0 spiro atoms. The van der Waals surface area contributed by atoms with Gasteiger partial charge < -0.3 is 4.90 Å². The number of sulfonamides is 1. The average Bonchev–Trinajstić information content (AvgIpc) is 2.69. The normalized spacial score (nSPS) is 16.3. The van der Waals surface area contributed by atoms with Crippen molar-refractivity contribution < 1.29 is 13.3 Å². The molecule has 1 heterocycles. The Morgan fingerprint density at radius 3 is 2.22 bits per heavy atom. The fourth-order valence-corrected chi connectivity index (χ4v) is 4.89. The minimum absolute atomic E-state index is 0.229. The average molecular weight is 389 g/mol. The van der Waals surface area contributed by atoms with Crippen molar-refractivity contribution in [3.8, 4) is 0 Å². The molecule has 0 atom stereocenters. The molecule has 0 unspecified atom stereocenters. The summed E-state index contributed by atoms with van der Waals surface area (Å²) in [5, 5.41) is 11.2. The second kappa shape index (κ2) is 8.60. The number of hydrogen-bond acceptors (Lipinski definition) is 5. The molecule has 1 saturated heterocycles. The Kier molecular flexibility index (Phi) is 6.20. The number of para-hydroxylation sites is 1. The number of nitrogens with zero attached hydrogens (tertiary/aromatic N) is 3. The number of aryl methyl sites for hydroxylation is 1. The Hall–Kier alpha value is -2.29. The van der Waals surface area contributed by atoms with Gasteiger partial charge in [0.05, 0.1) is 4.92 Å². The van der Waals surface area contributed by atoms with E-state index in [0.29, 0.717) is 26.2 Å². The first kappa shape index (κ1) is 19.5. The van der Waals surface area contributed by atoms with Crippen LogP contribution in [-0.4, -0.2) is 55.3 Å². The van der Waals surface area contributed by atoms with Crippen LogP contribution >= 0.6 is 0 Å². The monoisotopic (exact) mass is 389 g/mol. The quantitative estimate of drug-likeness (QED) is 0.537. The molecular weight excluding hydrogens is 366 g/mol. The molecule has 1 aliphatic rings. The standard InChI is InChI=1S/C19H23N3O4S/c23-22(24)18-10-4-5-11-19(18)27(25,26)21-15-13-20(14-16-21)12-6-9-17-7-2-1-3-8-17/h1-5,7-8,10-11H,6,9,12-16H2. The van der Waals surface area contributed by atoms with Crippen molar-refractivity contribution in [2.24, 2.45) is 0 Å². The van der Waals surface area contributed by atoms with E-state index in [1.807, 2.05) is 18.2 Å². The van der Waals surface area contributed by atoms with Crippen molar-refractivity contribution >= 4 is 15.7 Å². The topological polar surface area (TPSA) is 83.8 Å². The maximum absolute atomic E-state index is 12.8. The summed E-state index contributed by atoms with van der Waals surface area (Å²) in [7, 11) is -3.86. The second-order valence-corrected chi connectivity index (χ2v) is 8.47. The van der Waals surface area contributed by atoms with Crippen LogP contribution in [0.1, 0.15) is 12.0 Å². The van der Waals surface area contributed by atoms with Crippen LogP contribution in [0.2, 0.25) is 0 Å². The smallest absolute Gasteiger partial charge is 0.289 e. The van der Waals surface area contributed by atoms with Crippen LogP contribution in [0.3, 0.4) is 0 Å². The van der Waals surface area contributed by atoms with Crippen molar-refractivity contribution in [2.75, 3.05) is 32.7 Å². The summed E-state index contributed by atoms with van der Waals surface area (Å²) in [5.74, 6) is 0. The highest BCUT2D eigenvalue weighted by molar-refractivity contribution is 7.89. The maximum atomic E-state index is 12.8. The van der Waals surface area contributed by atoms with Gasteiger partial charge in [-0.3, -0.25) is 10.1 Å². The third-order valence-electron chi connectivity index (χ3n) is 4.79. The number of benzene rings is 2. The van der Waals surface area contributed by atoms with Crippen molar-refractivity contribution in [2.45, 2.75) is 17.7 Å². The number of nitro groups is 1. The minimum Gasteiger partial charge on any atom is -0.301 e. The molecule has 144 valence electrons. The molecule has 2 aromatic carbocycles. The molecule has 0 bridgehead atoms. The molecule has 0 N–H and O–H groups in total. The lowest BCUT2D eigenvalue weighted by Gasteiger charge is -2.33. The highest BCUT2D eigenvalue weighted by atomic mass is 32.2. The molecule has 0 aliphatic carbocycles. The number of piperazine rings is 1. The van der Waals surface area contributed by atoms with Crippen molar-refractivity contribution in [3.05, 3.63) is 70.3 Å². The molecular formula is C19H23N3O4S. The van der Waals surface area contributed by atoms with Crippen molar-refractivity contribution in [1.29, 1.82) is 0 Å². The summed E-state index contributed by atoms with van der Waals surface area (Å²) in [6.07, 6.45) is 2.01. The van der Waals surface area contributed by atoms with Crippen molar-refractivity contribution in [3.63, 3.8) is 0 Å². The Bertz CT molecular complexity index is 879. The highest BCUT2D eigenvalue weighted by Crippen LogP contribution is 2.26. The van der Waals surface area contributed by atoms with E-state index < -0.39 is 14.9 Å². The zero-order valence-corrected chi connectivity index (χ0v) is 15.8. The van der Waals surface area contributed by atoms with Crippen LogP contribution in [0.15, 0.2) is 59.5 Å². The van der Waals surface area contributed by atoms with Gasteiger partial charge in [0.2, 0.25) is 10.0 Å². The zero-order chi connectivity index (χ0) is 19.3. The van der Waals surface area contributed by atoms with E-state index >= 15 is 0 Å². The fourth-order valence-electron chi connectivity index (χ4n) is 3.31. The summed E-state index contributed by atoms with van der Waals surface area (Å²) < 4.78 is 27.0. The Labute approximate surface area is 159 Å². The van der Waals surface area contributed by atoms with E-state index in [0.717, 1.165) is 19.4 Å². The lowest BCUT2D eigenvalue weighted by molar-refractivity contribution is -0.387. The molecule has 0 radical (unpaired) electrons. The van der Waals surface area contributed by atoms with Gasteiger partial charge in [-0.1, -0.05) is 42.5 Å². The molecule has 3 rings (SSSR count). The Balaban J connectivity index is 1.56. The molecule has 8 heteroatoms. The molecule has 27 heavy (non-hydrogen) atoms. The number of rotatable bonds is 7. The van der Waals surface area contributed by atoms with Crippen LogP contribution in [0.4, 0.5) is 5.69 Å². The van der Waals surface area contributed by atoms with Gasteiger partial charge in [-0.2, -0.15) is 4.31 Å². The summed E-state index contributed by atoms with van der Waals surface area (Å²) in [6.45, 7) is 2.87. The van der Waals surface area contributed by atoms with Crippen LogP contribution in [0.5, 0.6) is 0 Å². The first-order valence-electron chi connectivity index (χ1n) is 8.98. The third-order valence-corrected chi connectivity index (χ3v) is 6.74. The summed E-state index contributed by atoms with van der Waals surface area (Å²) in [4.78, 5) is 12.5. The predicted molar refractivity (Wildman–Crippen MR) is 103 cm³/mol. The first-order chi connectivity index (χ1) is 13.0. The van der Waals surface area contributed by atoms with Crippen LogP contribution in [0, 0.1) is 10.1 Å². The van der Waals surface area contributed by atoms with Gasteiger partial charge in [-0.15, -0.1) is 0 Å². The fraction of sp³-hybridized carbons (Fsp3) is 0.368. The van der Waals surface area contributed by atoms with Crippen molar-refractivity contribution in [1.82, 2.24) is 9.21 Å². The van der Waals surface area contributed by atoms with E-state index in [9.17, 15) is 18.5 Å². The predicted octanol–water partition coefficient (Wildman–Crippen LogP) is 2.53. The molecule has 7 nitrogen and oxygen atoms in total. The SMILES string of the molecule is O=[N+]([O-])c1ccccc1S(=O)(=O)N1CCN(CCCc2ccccc2)CC1. The zero-order valence-electron chi connectivity index (χ0n) is 15.0. The lowest BCUT2D eigenvalue weighted by atomic mass is 10.1. The van der Waals surface area contributed by atoms with Gasteiger partial charge in [0.1, 0.15) is 0 Å². The van der Waals surface area contributed by atoms with E-state index in [1.165, 1.54) is 34.1 Å². The summed E-state index contributed by atoms with van der Waals surface area (Å²) in [6, 6.07) is 15.8. The van der Waals surface area contributed by atoms with Gasteiger partial charge in [0.15, 0.2) is 4.90 Å². The lowest BCUT2D eigenvalue weighted by Crippen LogP contribution is -2.48. The number of nitro benzene ring substituents is 1.